The maximum Gasteiger partial charge on any atom is 0.369 e. The molecule has 0 bridgehead atoms. The molecule has 0 amide bonds. The van der Waals surface area contributed by atoms with E-state index in [1.165, 1.54) is 141 Å². The molecule has 0 N–H and O–H groups in total. The van der Waals surface area contributed by atoms with Crippen LogP contribution in [0.1, 0.15) is 162 Å². The average molecular weight is 503 g/mol. The van der Waals surface area contributed by atoms with Crippen molar-refractivity contribution < 1.29 is 13.2 Å². The number of hydrogen-bond acceptors (Lipinski definition) is 2. The molecule has 206 valence electrons. The molecule has 0 rings (SSSR count). The molecule has 0 saturated carbocycles. The van der Waals surface area contributed by atoms with Gasteiger partial charge in [0.15, 0.2) is 0 Å². The van der Waals surface area contributed by atoms with Crippen LogP contribution < -0.4 is 0 Å². The molecule has 2 nitrogen and oxygen atoms in total. The highest BCUT2D eigenvalue weighted by atomic mass is 28.4. The maximum absolute atomic E-state index is 15.0. The summed E-state index contributed by atoms with van der Waals surface area (Å²) >= 11 is 0. The molecule has 0 fully saturated rings. The largest absolute Gasteiger partial charge is 0.396 e. The van der Waals surface area contributed by atoms with Gasteiger partial charge in [-0.15, -0.1) is 0 Å². The van der Waals surface area contributed by atoms with Crippen molar-refractivity contribution in [1.82, 2.24) is 0 Å². The lowest BCUT2D eigenvalue weighted by atomic mass is 9.92. The van der Waals surface area contributed by atoms with Gasteiger partial charge in [0.05, 0.1) is 0 Å². The monoisotopic (exact) mass is 502 g/mol. The van der Waals surface area contributed by atoms with Crippen molar-refractivity contribution in [3.05, 3.63) is 0 Å². The van der Waals surface area contributed by atoms with E-state index < -0.39 is 14.4 Å². The number of halogens is 1. The Bertz CT molecular complexity index is 403. The van der Waals surface area contributed by atoms with E-state index in [0.717, 1.165) is 0 Å². The van der Waals surface area contributed by atoms with Gasteiger partial charge in [0.1, 0.15) is 5.79 Å². The van der Waals surface area contributed by atoms with Gasteiger partial charge in [-0.25, -0.2) is 4.39 Å². The highest BCUT2D eigenvalue weighted by Gasteiger charge is 2.41. The minimum atomic E-state index is -2.68. The molecule has 4 heteroatoms. The zero-order chi connectivity index (χ0) is 25.3. The molecular formula is C30H63FO2Si. The second-order valence-corrected chi connectivity index (χ2v) is 14.4. The topological polar surface area (TPSA) is 18.5 Å². The fourth-order valence-corrected chi connectivity index (χ4v) is 6.51. The van der Waals surface area contributed by atoms with Crippen molar-refractivity contribution in [1.29, 1.82) is 0 Å². The van der Waals surface area contributed by atoms with Crippen LogP contribution in [0.15, 0.2) is 0 Å². The van der Waals surface area contributed by atoms with E-state index in [1.807, 2.05) is 6.55 Å². The summed E-state index contributed by atoms with van der Waals surface area (Å²) in [5, 5.41) is 0. The van der Waals surface area contributed by atoms with Crippen LogP contribution in [0.3, 0.4) is 0 Å². The highest BCUT2D eigenvalue weighted by molar-refractivity contribution is 6.67. The first-order valence-electron chi connectivity index (χ1n) is 15.3. The van der Waals surface area contributed by atoms with Gasteiger partial charge in [-0.05, 0) is 18.9 Å². The zero-order valence-electron chi connectivity index (χ0n) is 24.1. The van der Waals surface area contributed by atoms with Gasteiger partial charge in [0, 0.05) is 14.2 Å². The zero-order valence-corrected chi connectivity index (χ0v) is 25.1. The van der Waals surface area contributed by atoms with Crippen LogP contribution in [-0.4, -0.2) is 28.6 Å². The van der Waals surface area contributed by atoms with Crippen LogP contribution >= 0.6 is 0 Å². The van der Waals surface area contributed by atoms with Crippen molar-refractivity contribution in [3.8, 4) is 0 Å². The van der Waals surface area contributed by atoms with Crippen LogP contribution in [0.4, 0.5) is 4.39 Å². The summed E-state index contributed by atoms with van der Waals surface area (Å²) in [4.78, 5) is 0. The van der Waals surface area contributed by atoms with Gasteiger partial charge >= 0.3 is 8.56 Å². The number of hydrogen-bond donors (Lipinski definition) is 0. The first-order valence-corrected chi connectivity index (χ1v) is 17.7. The second kappa shape index (κ2) is 24.7. The fraction of sp³-hybridized carbons (Fsp3) is 1.00. The Kier molecular flexibility index (Phi) is 24.8. The molecule has 2 atom stereocenters. The summed E-state index contributed by atoms with van der Waals surface area (Å²) in [6.45, 7) is 6.41. The Morgan fingerprint density at radius 1 is 0.529 bits per heavy atom. The Morgan fingerprint density at radius 3 is 1.12 bits per heavy atom. The van der Waals surface area contributed by atoms with Crippen LogP contribution in [-0.2, 0) is 8.85 Å². The molecule has 0 radical (unpaired) electrons. The van der Waals surface area contributed by atoms with Crippen molar-refractivity contribution >= 4 is 8.56 Å². The fourth-order valence-electron chi connectivity index (χ4n) is 5.07. The quantitative estimate of drug-likeness (QED) is 0.0821. The molecule has 0 heterocycles. The molecule has 34 heavy (non-hydrogen) atoms. The second-order valence-electron chi connectivity index (χ2n) is 10.9. The third kappa shape index (κ3) is 19.3. The standard InChI is InChI=1S/C30H63FO2Si/c1-6-8-10-12-13-14-15-16-17-18-19-20-21-23-25-27-29(26-24-22-11-9-7-2)28-30(31)34(5,32-3)33-4/h29-30H,6-28H2,1-5H3. The molecule has 2 unspecified atom stereocenters. The molecule has 0 aliphatic carbocycles. The Hall–Kier alpha value is 0.0669. The van der Waals surface area contributed by atoms with Crippen molar-refractivity contribution in [2.75, 3.05) is 14.2 Å². The summed E-state index contributed by atoms with van der Waals surface area (Å²) in [6.07, 6.45) is 30.4. The third-order valence-electron chi connectivity index (χ3n) is 7.85. The van der Waals surface area contributed by atoms with Crippen LogP contribution in [0.2, 0.25) is 6.55 Å². The smallest absolute Gasteiger partial charge is 0.369 e. The summed E-state index contributed by atoms with van der Waals surface area (Å²) in [5.41, 5.74) is 0. The predicted octanol–water partition coefficient (Wildman–Crippen LogP) is 10.9. The van der Waals surface area contributed by atoms with E-state index in [2.05, 4.69) is 13.8 Å². The SMILES string of the molecule is CCCCCCCCCCCCCCCCCC(CCCCCCC)CC(F)[Si](C)(OC)OC. The minimum Gasteiger partial charge on any atom is -0.396 e. The number of unbranched alkanes of at least 4 members (excludes halogenated alkanes) is 18. The average Bonchev–Trinajstić information content (AvgIpc) is 2.85. The van der Waals surface area contributed by atoms with Gasteiger partial charge in [-0.2, -0.15) is 0 Å². The predicted molar refractivity (Wildman–Crippen MR) is 152 cm³/mol. The Balaban J connectivity index is 3.91. The maximum atomic E-state index is 15.0. The van der Waals surface area contributed by atoms with Gasteiger partial charge in [0.25, 0.3) is 0 Å². The normalized spacial score (nSPS) is 13.9. The number of rotatable bonds is 27. The lowest BCUT2D eigenvalue weighted by molar-refractivity contribution is 0.181. The summed E-state index contributed by atoms with van der Waals surface area (Å²) in [6, 6.07) is 0. The van der Waals surface area contributed by atoms with Crippen LogP contribution in [0, 0.1) is 5.92 Å². The first kappa shape index (κ1) is 34.1. The van der Waals surface area contributed by atoms with Crippen LogP contribution in [0.5, 0.6) is 0 Å². The third-order valence-corrected chi connectivity index (χ3v) is 10.8. The molecule has 0 aromatic heterocycles. The van der Waals surface area contributed by atoms with Gasteiger partial charge in [0.2, 0.25) is 0 Å². The number of alkyl halides is 1. The van der Waals surface area contributed by atoms with E-state index in [4.69, 9.17) is 8.85 Å². The van der Waals surface area contributed by atoms with Crippen molar-refractivity contribution in [3.63, 3.8) is 0 Å². The molecule has 0 aromatic rings. The molecule has 0 aromatic carbocycles. The van der Waals surface area contributed by atoms with Crippen molar-refractivity contribution in [2.45, 2.75) is 174 Å². The van der Waals surface area contributed by atoms with E-state index in [-0.39, 0.29) is 0 Å². The van der Waals surface area contributed by atoms with Gasteiger partial charge in [-0.3, -0.25) is 0 Å². The lowest BCUT2D eigenvalue weighted by Gasteiger charge is -2.29. The lowest BCUT2D eigenvalue weighted by Crippen LogP contribution is -2.47. The molecular weight excluding hydrogens is 439 g/mol. The summed E-state index contributed by atoms with van der Waals surface area (Å²) in [5.74, 6) is -0.449. The van der Waals surface area contributed by atoms with Gasteiger partial charge < -0.3 is 8.85 Å². The van der Waals surface area contributed by atoms with Crippen molar-refractivity contribution in [2.24, 2.45) is 5.92 Å². The summed E-state index contributed by atoms with van der Waals surface area (Å²) in [7, 11) is 0.536. The molecule has 0 aliphatic rings. The van der Waals surface area contributed by atoms with Crippen LogP contribution in [0.25, 0.3) is 0 Å². The molecule has 0 saturated heterocycles. The van der Waals surface area contributed by atoms with Gasteiger partial charge in [-0.1, -0.05) is 155 Å². The Morgan fingerprint density at radius 2 is 0.824 bits per heavy atom. The van der Waals surface area contributed by atoms with E-state index in [1.54, 1.807) is 14.2 Å². The minimum absolute atomic E-state index is 0.482. The highest BCUT2D eigenvalue weighted by Crippen LogP contribution is 2.28. The van der Waals surface area contributed by atoms with E-state index in [9.17, 15) is 0 Å². The summed E-state index contributed by atoms with van der Waals surface area (Å²) < 4.78 is 26.0. The Labute approximate surface area is 215 Å². The first-order chi connectivity index (χ1) is 16.5. The molecule has 0 aliphatic heterocycles. The van der Waals surface area contributed by atoms with E-state index in [0.29, 0.717) is 12.3 Å². The molecule has 0 spiro atoms. The van der Waals surface area contributed by atoms with E-state index >= 15 is 4.39 Å².